The number of hydrogen-bond acceptors (Lipinski definition) is 5. The predicted octanol–water partition coefficient (Wildman–Crippen LogP) is 1.65. The van der Waals surface area contributed by atoms with Crippen LogP contribution in [0.25, 0.3) is 0 Å². The molecule has 1 saturated carbocycles. The van der Waals surface area contributed by atoms with E-state index in [2.05, 4.69) is 0 Å². The monoisotopic (exact) mass is 280 g/mol. The van der Waals surface area contributed by atoms with Crippen LogP contribution in [0.4, 0.5) is 0 Å². The Morgan fingerprint density at radius 1 is 1.10 bits per heavy atom. The molecule has 0 heterocycles. The summed E-state index contributed by atoms with van der Waals surface area (Å²) in [6.45, 7) is 1.65. The molecule has 1 unspecified atom stereocenters. The van der Waals surface area contributed by atoms with Gasteiger partial charge in [0.1, 0.15) is 0 Å². The molecule has 0 radical (unpaired) electrons. The van der Waals surface area contributed by atoms with Crippen LogP contribution in [0, 0.1) is 17.8 Å². The molecule has 0 amide bonds. The van der Waals surface area contributed by atoms with Crippen molar-refractivity contribution < 1.29 is 23.9 Å². The first kappa shape index (κ1) is 14.8. The van der Waals surface area contributed by atoms with Gasteiger partial charge in [-0.05, 0) is 19.8 Å². The SMILES string of the molecule is COC(=O)C1=C(C)C(=O)[C@H]2C(C(=O)OC)CCCC[C@@H]12. The Bertz CT molecular complexity index is 477. The maximum Gasteiger partial charge on any atom is 0.334 e. The molecule has 110 valence electrons. The number of carbonyl (C=O) groups is 3. The van der Waals surface area contributed by atoms with Gasteiger partial charge in [-0.1, -0.05) is 12.8 Å². The molecule has 0 saturated heterocycles. The molecule has 3 atom stereocenters. The van der Waals surface area contributed by atoms with E-state index in [-0.39, 0.29) is 17.7 Å². The van der Waals surface area contributed by atoms with Crippen LogP contribution in [0.1, 0.15) is 32.6 Å². The highest BCUT2D eigenvalue weighted by atomic mass is 16.5. The lowest BCUT2D eigenvalue weighted by atomic mass is 9.79. The second kappa shape index (κ2) is 5.77. The van der Waals surface area contributed by atoms with Gasteiger partial charge in [0.15, 0.2) is 5.78 Å². The Hall–Kier alpha value is -1.65. The minimum absolute atomic E-state index is 0.104. The van der Waals surface area contributed by atoms with Crippen molar-refractivity contribution in [3.8, 4) is 0 Å². The number of Topliss-reactive ketones (excluding diaryl/α,β-unsaturated/α-hetero) is 1. The van der Waals surface area contributed by atoms with Gasteiger partial charge in [0.05, 0.1) is 20.1 Å². The lowest BCUT2D eigenvalue weighted by Gasteiger charge is -2.23. The Kier molecular flexibility index (Phi) is 4.26. The molecule has 1 fully saturated rings. The third kappa shape index (κ3) is 2.25. The molecule has 20 heavy (non-hydrogen) atoms. The van der Waals surface area contributed by atoms with Crippen LogP contribution < -0.4 is 0 Å². The summed E-state index contributed by atoms with van der Waals surface area (Å²) in [6.07, 6.45) is 3.15. The van der Waals surface area contributed by atoms with E-state index in [1.54, 1.807) is 6.92 Å². The molecule has 5 nitrogen and oxygen atoms in total. The van der Waals surface area contributed by atoms with Gasteiger partial charge < -0.3 is 9.47 Å². The summed E-state index contributed by atoms with van der Waals surface area (Å²) in [5, 5.41) is 0. The molecule has 0 bridgehead atoms. The van der Waals surface area contributed by atoms with E-state index in [1.165, 1.54) is 14.2 Å². The second-order valence-electron chi connectivity index (χ2n) is 5.44. The number of ether oxygens (including phenoxy) is 2. The number of ketones is 1. The fraction of sp³-hybridized carbons (Fsp3) is 0.667. The number of hydrogen-bond donors (Lipinski definition) is 0. The predicted molar refractivity (Wildman–Crippen MR) is 70.7 cm³/mol. The molecular weight excluding hydrogens is 260 g/mol. The number of esters is 2. The average molecular weight is 280 g/mol. The minimum Gasteiger partial charge on any atom is -0.469 e. The summed E-state index contributed by atoms with van der Waals surface area (Å²) in [4.78, 5) is 36.4. The molecular formula is C15H20O5. The zero-order valence-corrected chi connectivity index (χ0v) is 12.1. The summed E-state index contributed by atoms with van der Waals surface area (Å²) in [5.41, 5.74) is 0.904. The van der Waals surface area contributed by atoms with Crippen molar-refractivity contribution in [1.82, 2.24) is 0 Å². The molecule has 0 aromatic heterocycles. The summed E-state index contributed by atoms with van der Waals surface area (Å²) in [7, 11) is 2.65. The van der Waals surface area contributed by atoms with E-state index in [4.69, 9.17) is 9.47 Å². The summed E-state index contributed by atoms with van der Waals surface area (Å²) < 4.78 is 9.63. The van der Waals surface area contributed by atoms with E-state index in [0.717, 1.165) is 19.3 Å². The van der Waals surface area contributed by atoms with Gasteiger partial charge >= 0.3 is 11.9 Å². The largest absolute Gasteiger partial charge is 0.469 e. The van der Waals surface area contributed by atoms with Gasteiger partial charge in [-0.3, -0.25) is 9.59 Å². The second-order valence-corrected chi connectivity index (χ2v) is 5.44. The molecule has 2 rings (SSSR count). The van der Waals surface area contributed by atoms with Crippen LogP contribution in [-0.2, 0) is 23.9 Å². The van der Waals surface area contributed by atoms with Crippen molar-refractivity contribution in [2.24, 2.45) is 17.8 Å². The molecule has 2 aliphatic rings. The summed E-state index contributed by atoms with van der Waals surface area (Å²) in [5.74, 6) is -2.02. The maximum atomic E-state index is 12.5. The zero-order chi connectivity index (χ0) is 14.9. The van der Waals surface area contributed by atoms with E-state index in [1.807, 2.05) is 0 Å². The molecule has 5 heteroatoms. The lowest BCUT2D eigenvalue weighted by molar-refractivity contribution is -0.150. The van der Waals surface area contributed by atoms with Crippen LogP contribution >= 0.6 is 0 Å². The Morgan fingerprint density at radius 2 is 1.75 bits per heavy atom. The quantitative estimate of drug-likeness (QED) is 0.719. The fourth-order valence-electron chi connectivity index (χ4n) is 3.55. The highest BCUT2D eigenvalue weighted by molar-refractivity contribution is 6.10. The van der Waals surface area contributed by atoms with Crippen molar-refractivity contribution in [1.29, 1.82) is 0 Å². The number of rotatable bonds is 2. The van der Waals surface area contributed by atoms with Gasteiger partial charge in [-0.15, -0.1) is 0 Å². The van der Waals surface area contributed by atoms with E-state index in [0.29, 0.717) is 17.6 Å². The number of carbonyl (C=O) groups excluding carboxylic acids is 3. The number of allylic oxidation sites excluding steroid dienone is 1. The maximum absolute atomic E-state index is 12.5. The molecule has 0 N–H and O–H groups in total. The van der Waals surface area contributed by atoms with Crippen LogP contribution in [0.15, 0.2) is 11.1 Å². The fourth-order valence-corrected chi connectivity index (χ4v) is 3.55. The first-order valence-electron chi connectivity index (χ1n) is 6.94. The van der Waals surface area contributed by atoms with E-state index < -0.39 is 17.8 Å². The Morgan fingerprint density at radius 3 is 2.35 bits per heavy atom. The third-order valence-electron chi connectivity index (χ3n) is 4.50. The van der Waals surface area contributed by atoms with Crippen molar-refractivity contribution in [2.75, 3.05) is 14.2 Å². The van der Waals surface area contributed by atoms with Crippen LogP contribution in [-0.4, -0.2) is 31.9 Å². The standard InChI is InChI=1S/C15H20O5/c1-8-11(15(18)20-3)9-6-4-5-7-10(14(17)19-2)12(9)13(8)16/h9-10,12H,4-7H2,1-3H3/t9-,10?,12+/m0/s1. The Labute approximate surface area is 118 Å². The molecule has 0 aromatic carbocycles. The molecule has 0 aliphatic heterocycles. The normalized spacial score (nSPS) is 29.8. The van der Waals surface area contributed by atoms with Gasteiger partial charge in [0, 0.05) is 23.0 Å². The van der Waals surface area contributed by atoms with Crippen LogP contribution in [0.3, 0.4) is 0 Å². The topological polar surface area (TPSA) is 69.7 Å². The highest BCUT2D eigenvalue weighted by Gasteiger charge is 2.49. The van der Waals surface area contributed by atoms with E-state index >= 15 is 0 Å². The molecule has 0 spiro atoms. The van der Waals surface area contributed by atoms with Gasteiger partial charge in [0.25, 0.3) is 0 Å². The molecule has 0 aromatic rings. The number of methoxy groups -OCH3 is 2. The highest BCUT2D eigenvalue weighted by Crippen LogP contribution is 2.45. The third-order valence-corrected chi connectivity index (χ3v) is 4.50. The Balaban J connectivity index is 2.40. The zero-order valence-electron chi connectivity index (χ0n) is 12.1. The van der Waals surface area contributed by atoms with Gasteiger partial charge in [0.2, 0.25) is 0 Å². The summed E-state index contributed by atoms with van der Waals surface area (Å²) >= 11 is 0. The first-order chi connectivity index (χ1) is 9.52. The molecule has 2 aliphatic carbocycles. The van der Waals surface area contributed by atoms with Crippen molar-refractivity contribution >= 4 is 17.7 Å². The van der Waals surface area contributed by atoms with Gasteiger partial charge in [-0.25, -0.2) is 4.79 Å². The average Bonchev–Trinajstić information content (AvgIpc) is 2.62. The minimum atomic E-state index is -0.459. The van der Waals surface area contributed by atoms with Crippen molar-refractivity contribution in [2.45, 2.75) is 32.6 Å². The lowest BCUT2D eigenvalue weighted by Crippen LogP contribution is -2.32. The number of fused-ring (bicyclic) bond motifs is 1. The summed E-state index contributed by atoms with van der Waals surface area (Å²) in [6, 6.07) is 0. The van der Waals surface area contributed by atoms with E-state index in [9.17, 15) is 14.4 Å². The van der Waals surface area contributed by atoms with Crippen LogP contribution in [0.5, 0.6) is 0 Å². The van der Waals surface area contributed by atoms with Crippen molar-refractivity contribution in [3.63, 3.8) is 0 Å². The first-order valence-corrected chi connectivity index (χ1v) is 6.94. The van der Waals surface area contributed by atoms with Gasteiger partial charge in [-0.2, -0.15) is 0 Å². The van der Waals surface area contributed by atoms with Crippen LogP contribution in [0.2, 0.25) is 0 Å². The van der Waals surface area contributed by atoms with Crippen molar-refractivity contribution in [3.05, 3.63) is 11.1 Å². The smallest absolute Gasteiger partial charge is 0.334 e.